The topological polar surface area (TPSA) is 26.3 Å². The average molecular weight is 150 g/mol. The molecule has 0 fully saturated rings. The first-order chi connectivity index (χ1) is 5.41. The largest absolute Gasteiger partial charge is 0.467 e. The molecule has 0 aromatic rings. The molecular formula is C9H10O2. The molecule has 0 aliphatic heterocycles. The van der Waals surface area contributed by atoms with Crippen LogP contribution in [0.5, 0.6) is 0 Å². The lowest BCUT2D eigenvalue weighted by molar-refractivity contribution is -0.128. The van der Waals surface area contributed by atoms with Gasteiger partial charge in [-0.3, -0.25) is 4.79 Å². The molecule has 0 rings (SSSR count). The van der Waals surface area contributed by atoms with Crippen LogP contribution in [-0.2, 0) is 9.53 Å². The summed E-state index contributed by atoms with van der Waals surface area (Å²) in [6.07, 6.45) is 1.37. The third-order valence-electron chi connectivity index (χ3n) is 0.829. The lowest BCUT2D eigenvalue weighted by atomic mass is 10.4. The highest BCUT2D eigenvalue weighted by Crippen LogP contribution is 1.75. The standard InChI is InChI=1S/C9H10O2/c1-2-3-4-5-6-7-8-11-9-10/h9H,2,7-8H2,1H3. The SMILES string of the molecule is CCC#CC#CCCOC=O. The van der Waals surface area contributed by atoms with Gasteiger partial charge in [-0.1, -0.05) is 18.8 Å². The van der Waals surface area contributed by atoms with E-state index in [9.17, 15) is 4.79 Å². The quantitative estimate of drug-likeness (QED) is 0.340. The summed E-state index contributed by atoms with van der Waals surface area (Å²) in [6, 6.07) is 0. The van der Waals surface area contributed by atoms with Crippen molar-refractivity contribution in [1.82, 2.24) is 0 Å². The zero-order valence-corrected chi connectivity index (χ0v) is 6.52. The van der Waals surface area contributed by atoms with E-state index in [0.29, 0.717) is 19.5 Å². The molecule has 0 saturated heterocycles. The summed E-state index contributed by atoms with van der Waals surface area (Å²) in [5, 5.41) is 0. The van der Waals surface area contributed by atoms with E-state index in [1.54, 1.807) is 0 Å². The van der Waals surface area contributed by atoms with Crippen molar-refractivity contribution >= 4 is 6.47 Å². The molecule has 0 aromatic heterocycles. The van der Waals surface area contributed by atoms with E-state index < -0.39 is 0 Å². The van der Waals surface area contributed by atoms with Crippen LogP contribution in [-0.4, -0.2) is 13.1 Å². The molecule has 0 aliphatic rings. The second-order valence-corrected chi connectivity index (χ2v) is 1.67. The maximum Gasteiger partial charge on any atom is 0.293 e. The third-order valence-corrected chi connectivity index (χ3v) is 0.829. The van der Waals surface area contributed by atoms with Crippen LogP contribution < -0.4 is 0 Å². The lowest BCUT2D eigenvalue weighted by Crippen LogP contribution is -1.88. The van der Waals surface area contributed by atoms with Crippen molar-refractivity contribution in [1.29, 1.82) is 0 Å². The molecule has 0 aromatic carbocycles. The molecule has 58 valence electrons. The first kappa shape index (κ1) is 9.59. The lowest BCUT2D eigenvalue weighted by Gasteiger charge is -1.87. The van der Waals surface area contributed by atoms with Gasteiger partial charge in [0.05, 0.1) is 0 Å². The van der Waals surface area contributed by atoms with Crippen LogP contribution in [0.15, 0.2) is 0 Å². The van der Waals surface area contributed by atoms with E-state index in [0.717, 1.165) is 6.42 Å². The molecule has 0 heterocycles. The van der Waals surface area contributed by atoms with E-state index in [1.165, 1.54) is 0 Å². The summed E-state index contributed by atoms with van der Waals surface area (Å²) < 4.78 is 4.41. The smallest absolute Gasteiger partial charge is 0.293 e. The van der Waals surface area contributed by atoms with E-state index in [1.807, 2.05) is 6.92 Å². The van der Waals surface area contributed by atoms with E-state index in [-0.39, 0.29) is 0 Å². The fourth-order valence-electron chi connectivity index (χ4n) is 0.397. The van der Waals surface area contributed by atoms with Crippen LogP contribution in [0.25, 0.3) is 0 Å². The maximum atomic E-state index is 9.64. The Hall–Kier alpha value is -1.41. The zero-order valence-electron chi connectivity index (χ0n) is 6.52. The van der Waals surface area contributed by atoms with Gasteiger partial charge in [0.25, 0.3) is 6.47 Å². The number of hydrogen-bond donors (Lipinski definition) is 0. The van der Waals surface area contributed by atoms with Crippen molar-refractivity contribution < 1.29 is 9.53 Å². The van der Waals surface area contributed by atoms with Crippen LogP contribution in [0.1, 0.15) is 19.8 Å². The molecule has 0 spiro atoms. The minimum Gasteiger partial charge on any atom is -0.467 e. The molecule has 0 N–H and O–H groups in total. The molecule has 0 aliphatic carbocycles. The van der Waals surface area contributed by atoms with Crippen molar-refractivity contribution in [2.24, 2.45) is 0 Å². The molecule has 0 saturated carbocycles. The fraction of sp³-hybridized carbons (Fsp3) is 0.444. The molecule has 0 bridgehead atoms. The van der Waals surface area contributed by atoms with Gasteiger partial charge < -0.3 is 4.74 Å². The van der Waals surface area contributed by atoms with Crippen molar-refractivity contribution in [2.75, 3.05) is 6.61 Å². The minimum atomic E-state index is 0.351. The van der Waals surface area contributed by atoms with Gasteiger partial charge in [0.15, 0.2) is 0 Å². The highest BCUT2D eigenvalue weighted by molar-refractivity contribution is 5.37. The summed E-state index contributed by atoms with van der Waals surface area (Å²) >= 11 is 0. The molecule has 0 radical (unpaired) electrons. The second-order valence-electron chi connectivity index (χ2n) is 1.67. The van der Waals surface area contributed by atoms with Gasteiger partial charge in [-0.2, -0.15) is 0 Å². The summed E-state index contributed by atoms with van der Waals surface area (Å²) in [5.41, 5.74) is 0. The summed E-state index contributed by atoms with van der Waals surface area (Å²) in [6.45, 7) is 2.73. The van der Waals surface area contributed by atoms with Crippen molar-refractivity contribution in [3.8, 4) is 23.7 Å². The maximum absolute atomic E-state index is 9.64. The number of rotatable bonds is 3. The fourth-order valence-corrected chi connectivity index (χ4v) is 0.397. The summed E-state index contributed by atoms with van der Waals surface area (Å²) in [5.74, 6) is 10.8. The Morgan fingerprint density at radius 2 is 2.09 bits per heavy atom. The Morgan fingerprint density at radius 1 is 1.36 bits per heavy atom. The molecular weight excluding hydrogens is 140 g/mol. The Labute approximate surface area is 66.9 Å². The monoisotopic (exact) mass is 150 g/mol. The van der Waals surface area contributed by atoms with Crippen molar-refractivity contribution in [3.63, 3.8) is 0 Å². The predicted molar refractivity (Wildman–Crippen MR) is 42.5 cm³/mol. The predicted octanol–water partition coefficient (Wildman–Crippen LogP) is 0.966. The van der Waals surface area contributed by atoms with Crippen LogP contribution in [0.3, 0.4) is 0 Å². The second kappa shape index (κ2) is 8.59. The third kappa shape index (κ3) is 8.59. The molecule has 0 amide bonds. The first-order valence-electron chi connectivity index (χ1n) is 3.42. The zero-order chi connectivity index (χ0) is 8.36. The van der Waals surface area contributed by atoms with Crippen LogP contribution in [0.4, 0.5) is 0 Å². The summed E-state index contributed by atoms with van der Waals surface area (Å²) in [4.78, 5) is 9.64. The molecule has 11 heavy (non-hydrogen) atoms. The van der Waals surface area contributed by atoms with Gasteiger partial charge in [0, 0.05) is 12.8 Å². The Bertz CT molecular complexity index is 209. The minimum absolute atomic E-state index is 0.351. The highest BCUT2D eigenvalue weighted by Gasteiger charge is 1.76. The van der Waals surface area contributed by atoms with Crippen LogP contribution in [0.2, 0.25) is 0 Å². The van der Waals surface area contributed by atoms with Crippen molar-refractivity contribution in [3.05, 3.63) is 0 Å². The molecule has 0 unspecified atom stereocenters. The van der Waals surface area contributed by atoms with Gasteiger partial charge in [-0.05, 0) is 11.8 Å². The molecule has 2 nitrogen and oxygen atoms in total. The number of hydrogen-bond acceptors (Lipinski definition) is 2. The van der Waals surface area contributed by atoms with E-state index >= 15 is 0 Å². The average Bonchev–Trinajstić information content (AvgIpc) is 2.03. The molecule has 2 heteroatoms. The van der Waals surface area contributed by atoms with Gasteiger partial charge in [0.2, 0.25) is 0 Å². The van der Waals surface area contributed by atoms with Gasteiger partial charge in [-0.15, -0.1) is 0 Å². The normalized spacial score (nSPS) is 6.64. The number of carbonyl (C=O) groups excluding carboxylic acids is 1. The van der Waals surface area contributed by atoms with Gasteiger partial charge >= 0.3 is 0 Å². The van der Waals surface area contributed by atoms with Gasteiger partial charge in [0.1, 0.15) is 6.61 Å². The van der Waals surface area contributed by atoms with Crippen molar-refractivity contribution in [2.45, 2.75) is 19.8 Å². The Balaban J connectivity index is 3.32. The number of carbonyl (C=O) groups is 1. The Morgan fingerprint density at radius 3 is 2.73 bits per heavy atom. The van der Waals surface area contributed by atoms with Crippen LogP contribution in [0, 0.1) is 23.7 Å². The van der Waals surface area contributed by atoms with Gasteiger partial charge in [-0.25, -0.2) is 0 Å². The molecule has 0 atom stereocenters. The Kier molecular flexibility index (Phi) is 7.49. The first-order valence-corrected chi connectivity index (χ1v) is 3.42. The van der Waals surface area contributed by atoms with E-state index in [4.69, 9.17) is 0 Å². The van der Waals surface area contributed by atoms with Crippen LogP contribution >= 0.6 is 0 Å². The highest BCUT2D eigenvalue weighted by atomic mass is 16.5. The number of ether oxygens (including phenoxy) is 1. The summed E-state index contributed by atoms with van der Waals surface area (Å²) in [7, 11) is 0. The van der Waals surface area contributed by atoms with E-state index in [2.05, 4.69) is 28.4 Å².